The quantitative estimate of drug-likeness (QED) is 0.681. The van der Waals surface area contributed by atoms with E-state index in [2.05, 4.69) is 15.5 Å². The van der Waals surface area contributed by atoms with Crippen LogP contribution in [0.25, 0.3) is 0 Å². The summed E-state index contributed by atoms with van der Waals surface area (Å²) in [6, 6.07) is 2.29. The molecule has 0 saturated carbocycles. The van der Waals surface area contributed by atoms with Crippen LogP contribution in [-0.2, 0) is 6.54 Å². The van der Waals surface area contributed by atoms with E-state index in [-0.39, 0.29) is 28.0 Å². The van der Waals surface area contributed by atoms with Gasteiger partial charge in [0, 0.05) is 18.6 Å². The van der Waals surface area contributed by atoms with Crippen LogP contribution < -0.4 is 5.32 Å². The molecule has 0 radical (unpaired) electrons. The number of aromatic nitrogens is 2. The Morgan fingerprint density at radius 3 is 2.76 bits per heavy atom. The van der Waals surface area contributed by atoms with E-state index in [1.54, 1.807) is 6.92 Å². The summed E-state index contributed by atoms with van der Waals surface area (Å²) in [6.07, 6.45) is 0. The molecular weight excluding hydrogens is 323 g/mol. The van der Waals surface area contributed by atoms with Gasteiger partial charge in [0.05, 0.1) is 16.5 Å². The van der Waals surface area contributed by atoms with Gasteiger partial charge in [-0.05, 0) is 6.07 Å². The number of nitro benzene ring substituents is 1. The predicted octanol–water partition coefficient (Wildman–Crippen LogP) is 2.52. The molecule has 1 aromatic carbocycles. The second-order valence-electron chi connectivity index (χ2n) is 3.96. The molecule has 8 nitrogen and oxygen atoms in total. The first kappa shape index (κ1) is 15.2. The summed E-state index contributed by atoms with van der Waals surface area (Å²) in [5, 5.41) is 16.6. The van der Waals surface area contributed by atoms with Crippen LogP contribution in [0, 0.1) is 17.0 Å². The number of nitrogens with zero attached hydrogens (tertiary/aromatic N) is 3. The van der Waals surface area contributed by atoms with Crippen molar-refractivity contribution in [2.75, 3.05) is 0 Å². The smallest absolute Gasteiger partial charge is 0.290 e. The summed E-state index contributed by atoms with van der Waals surface area (Å²) in [7, 11) is 0. The van der Waals surface area contributed by atoms with Gasteiger partial charge >= 0.3 is 0 Å². The lowest BCUT2D eigenvalue weighted by atomic mass is 10.2. The Kier molecular flexibility index (Phi) is 4.39. The average Bonchev–Trinajstić information content (AvgIpc) is 2.84. The molecule has 0 aliphatic rings. The zero-order valence-electron chi connectivity index (χ0n) is 10.6. The van der Waals surface area contributed by atoms with Crippen molar-refractivity contribution in [3.8, 4) is 0 Å². The summed E-state index contributed by atoms with van der Waals surface area (Å²) in [6.45, 7) is 1.63. The molecule has 0 bridgehead atoms. The standard InChI is InChI=1S/C11H8Cl2N4O4/c1-5-15-9(16-21-5)4-14-11(18)6-2-7(12)10(13)8(3-6)17(19)20/h2-3H,4H2,1H3,(H,14,18). The van der Waals surface area contributed by atoms with E-state index in [4.69, 9.17) is 27.7 Å². The van der Waals surface area contributed by atoms with Gasteiger partial charge < -0.3 is 9.84 Å². The molecule has 0 aliphatic carbocycles. The van der Waals surface area contributed by atoms with Crippen molar-refractivity contribution in [3.05, 3.63) is 49.6 Å². The maximum Gasteiger partial charge on any atom is 0.290 e. The molecule has 1 N–H and O–H groups in total. The summed E-state index contributed by atoms with van der Waals surface area (Å²) in [4.78, 5) is 26.0. The number of carbonyl (C=O) groups excluding carboxylic acids is 1. The van der Waals surface area contributed by atoms with Crippen LogP contribution in [0.4, 0.5) is 5.69 Å². The second-order valence-corrected chi connectivity index (χ2v) is 4.75. The zero-order chi connectivity index (χ0) is 15.6. The molecule has 1 heterocycles. The van der Waals surface area contributed by atoms with Crippen LogP contribution in [0.3, 0.4) is 0 Å². The van der Waals surface area contributed by atoms with Crippen LogP contribution in [0.2, 0.25) is 10.0 Å². The lowest BCUT2D eigenvalue weighted by molar-refractivity contribution is -0.384. The molecule has 0 fully saturated rings. The Hall–Kier alpha value is -2.19. The highest BCUT2D eigenvalue weighted by Crippen LogP contribution is 2.33. The minimum Gasteiger partial charge on any atom is -0.345 e. The lowest BCUT2D eigenvalue weighted by Crippen LogP contribution is -2.23. The van der Waals surface area contributed by atoms with Crippen LogP contribution in [0.1, 0.15) is 22.1 Å². The average molecular weight is 331 g/mol. The fourth-order valence-corrected chi connectivity index (χ4v) is 1.91. The molecule has 0 aliphatic heterocycles. The minimum absolute atomic E-state index is 0.0105. The predicted molar refractivity (Wildman–Crippen MR) is 73.3 cm³/mol. The second kappa shape index (κ2) is 6.06. The Balaban J connectivity index is 2.17. The first-order chi connectivity index (χ1) is 9.88. The van der Waals surface area contributed by atoms with Gasteiger partial charge in [-0.15, -0.1) is 0 Å². The molecule has 110 valence electrons. The zero-order valence-corrected chi connectivity index (χ0v) is 12.1. The molecule has 0 spiro atoms. The van der Waals surface area contributed by atoms with Crippen LogP contribution in [0.15, 0.2) is 16.7 Å². The largest absolute Gasteiger partial charge is 0.345 e. The van der Waals surface area contributed by atoms with Gasteiger partial charge in [-0.2, -0.15) is 4.98 Å². The summed E-state index contributed by atoms with van der Waals surface area (Å²) < 4.78 is 4.75. The number of benzene rings is 1. The highest BCUT2D eigenvalue weighted by atomic mass is 35.5. The number of rotatable bonds is 4. The van der Waals surface area contributed by atoms with Gasteiger partial charge in [0.2, 0.25) is 5.89 Å². The van der Waals surface area contributed by atoms with E-state index in [1.807, 2.05) is 0 Å². The van der Waals surface area contributed by atoms with Gasteiger partial charge in [0.15, 0.2) is 5.82 Å². The van der Waals surface area contributed by atoms with Crippen molar-refractivity contribution in [2.24, 2.45) is 0 Å². The van der Waals surface area contributed by atoms with Crippen molar-refractivity contribution in [1.29, 1.82) is 0 Å². The molecule has 10 heteroatoms. The molecular formula is C11H8Cl2N4O4. The molecule has 2 aromatic rings. The summed E-state index contributed by atoms with van der Waals surface area (Å²) >= 11 is 11.5. The van der Waals surface area contributed by atoms with Gasteiger partial charge in [0.1, 0.15) is 5.02 Å². The van der Waals surface area contributed by atoms with Crippen molar-refractivity contribution in [3.63, 3.8) is 0 Å². The number of nitrogens with one attached hydrogen (secondary N) is 1. The fourth-order valence-electron chi connectivity index (χ4n) is 1.51. The lowest BCUT2D eigenvalue weighted by Gasteiger charge is -2.05. The number of halogens is 2. The van der Waals surface area contributed by atoms with E-state index in [1.165, 1.54) is 6.07 Å². The third-order valence-corrected chi connectivity index (χ3v) is 3.24. The fraction of sp³-hybridized carbons (Fsp3) is 0.182. The molecule has 21 heavy (non-hydrogen) atoms. The Morgan fingerprint density at radius 2 is 2.19 bits per heavy atom. The van der Waals surface area contributed by atoms with Gasteiger partial charge in [0.25, 0.3) is 11.6 Å². The molecule has 2 rings (SSSR count). The van der Waals surface area contributed by atoms with E-state index in [9.17, 15) is 14.9 Å². The van der Waals surface area contributed by atoms with Crippen LogP contribution in [0.5, 0.6) is 0 Å². The number of nitro groups is 1. The van der Waals surface area contributed by atoms with Crippen molar-refractivity contribution in [1.82, 2.24) is 15.5 Å². The van der Waals surface area contributed by atoms with E-state index in [0.717, 1.165) is 6.07 Å². The Morgan fingerprint density at radius 1 is 1.48 bits per heavy atom. The highest BCUT2D eigenvalue weighted by Gasteiger charge is 2.20. The number of hydrogen-bond acceptors (Lipinski definition) is 6. The first-order valence-corrected chi connectivity index (χ1v) is 6.35. The monoisotopic (exact) mass is 330 g/mol. The third-order valence-electron chi connectivity index (χ3n) is 2.44. The van der Waals surface area contributed by atoms with E-state index in [0.29, 0.717) is 5.89 Å². The summed E-state index contributed by atoms with van der Waals surface area (Å²) in [5.74, 6) is 0.0824. The Labute approximate surface area is 128 Å². The van der Waals surface area contributed by atoms with Gasteiger partial charge in [-0.3, -0.25) is 14.9 Å². The van der Waals surface area contributed by atoms with Crippen molar-refractivity contribution >= 4 is 34.8 Å². The maximum absolute atomic E-state index is 11.9. The molecule has 1 aromatic heterocycles. The number of carbonyl (C=O) groups is 1. The number of aryl methyl sites for hydroxylation is 1. The van der Waals surface area contributed by atoms with Gasteiger partial charge in [-0.1, -0.05) is 28.4 Å². The Bertz CT molecular complexity index is 716. The molecule has 0 unspecified atom stereocenters. The van der Waals surface area contributed by atoms with Crippen LogP contribution >= 0.6 is 23.2 Å². The molecule has 0 atom stereocenters. The topological polar surface area (TPSA) is 111 Å². The van der Waals surface area contributed by atoms with E-state index >= 15 is 0 Å². The molecule has 1 amide bonds. The number of amides is 1. The van der Waals surface area contributed by atoms with E-state index < -0.39 is 16.5 Å². The summed E-state index contributed by atoms with van der Waals surface area (Å²) in [5.41, 5.74) is -0.430. The third kappa shape index (κ3) is 3.47. The van der Waals surface area contributed by atoms with Crippen molar-refractivity contribution < 1.29 is 14.2 Å². The van der Waals surface area contributed by atoms with Gasteiger partial charge in [-0.25, -0.2) is 0 Å². The SMILES string of the molecule is Cc1nc(CNC(=O)c2cc(Cl)c(Cl)c([N+](=O)[O-])c2)no1. The molecule has 0 saturated heterocycles. The van der Waals surface area contributed by atoms with Crippen molar-refractivity contribution in [2.45, 2.75) is 13.5 Å². The normalized spacial score (nSPS) is 10.4. The number of hydrogen-bond donors (Lipinski definition) is 1. The first-order valence-electron chi connectivity index (χ1n) is 5.59. The van der Waals surface area contributed by atoms with Crippen LogP contribution in [-0.4, -0.2) is 21.0 Å². The highest BCUT2D eigenvalue weighted by molar-refractivity contribution is 6.43. The maximum atomic E-state index is 11.9. The minimum atomic E-state index is -0.715.